The zero-order valence-electron chi connectivity index (χ0n) is 18.5. The average molecular weight is 510 g/mol. The minimum absolute atomic E-state index is 0.0123. The highest BCUT2D eigenvalue weighted by Gasteiger charge is 2.30. The van der Waals surface area contributed by atoms with Crippen molar-refractivity contribution in [1.82, 2.24) is 15.8 Å². The molecule has 0 bridgehead atoms. The summed E-state index contributed by atoms with van der Waals surface area (Å²) in [7, 11) is 1.49. The van der Waals surface area contributed by atoms with E-state index in [9.17, 15) is 23.1 Å². The molecule has 1 amide bonds. The summed E-state index contributed by atoms with van der Waals surface area (Å²) in [5.74, 6) is 0.981. The lowest BCUT2D eigenvalue weighted by Crippen LogP contribution is -2.22. The Kier molecular flexibility index (Phi) is 7.43. The topological polar surface area (TPSA) is 102 Å². The number of aryl methyl sites for hydroxylation is 1. The number of aromatic nitrogens is 1. The molecule has 3 aromatic rings. The molecule has 8 nitrogen and oxygen atoms in total. The van der Waals surface area contributed by atoms with Gasteiger partial charge in [0.05, 0.1) is 23.2 Å². The number of halogens is 3. The molecule has 12 heteroatoms. The van der Waals surface area contributed by atoms with Crippen LogP contribution in [0, 0.1) is 0 Å². The van der Waals surface area contributed by atoms with Crippen molar-refractivity contribution in [3.8, 4) is 22.1 Å². The van der Waals surface area contributed by atoms with Crippen molar-refractivity contribution in [2.24, 2.45) is 0 Å². The van der Waals surface area contributed by atoms with Crippen LogP contribution in [0.4, 0.5) is 18.0 Å². The molecule has 0 aliphatic carbocycles. The number of benzene rings is 2. The number of aliphatic hydroxyl groups is 1. The number of ether oxygens (including phenoxy) is 2. The van der Waals surface area contributed by atoms with Crippen molar-refractivity contribution in [1.29, 1.82) is 0 Å². The fraction of sp³-hybridized carbons (Fsp3) is 0.304. The largest absolute Gasteiger partial charge is 0.496 e. The summed E-state index contributed by atoms with van der Waals surface area (Å²) >= 11 is 1.33. The third-order valence-electron chi connectivity index (χ3n) is 5.23. The van der Waals surface area contributed by atoms with E-state index in [1.165, 1.54) is 30.6 Å². The van der Waals surface area contributed by atoms with Gasteiger partial charge in [-0.1, -0.05) is 12.1 Å². The molecule has 35 heavy (non-hydrogen) atoms. The second-order valence-corrected chi connectivity index (χ2v) is 8.65. The molecule has 1 saturated heterocycles. The van der Waals surface area contributed by atoms with E-state index >= 15 is 0 Å². The van der Waals surface area contributed by atoms with Gasteiger partial charge in [-0.05, 0) is 37.1 Å². The van der Waals surface area contributed by atoms with Gasteiger partial charge in [0.25, 0.3) is 0 Å². The fourth-order valence-corrected chi connectivity index (χ4v) is 4.49. The monoisotopic (exact) mass is 509 g/mol. The number of carbonyl (C=O) groups is 1. The number of methoxy groups -OCH3 is 1. The Morgan fingerprint density at radius 3 is 2.60 bits per heavy atom. The molecule has 1 atom stereocenters. The molecule has 1 aliphatic rings. The highest BCUT2D eigenvalue weighted by Crippen LogP contribution is 2.35. The Hall–Kier alpha value is -3.35. The van der Waals surface area contributed by atoms with E-state index < -0.39 is 24.0 Å². The van der Waals surface area contributed by atoms with Crippen LogP contribution in [0.15, 0.2) is 42.5 Å². The molecule has 3 N–H and O–H groups in total. The number of alkyl halides is 3. The number of nitrogens with one attached hydrogen (secondary N) is 2. The van der Waals surface area contributed by atoms with E-state index in [4.69, 9.17) is 14.3 Å². The normalized spacial score (nSPS) is 15.6. The summed E-state index contributed by atoms with van der Waals surface area (Å²) in [6.45, 7) is 0.157. The minimum atomic E-state index is -4.41. The first-order valence-corrected chi connectivity index (χ1v) is 11.4. The summed E-state index contributed by atoms with van der Waals surface area (Å²) in [6.07, 6.45) is -4.57. The summed E-state index contributed by atoms with van der Waals surface area (Å²) < 4.78 is 50.0. The molecular formula is C23H22F3N3O5S. The molecule has 0 saturated carbocycles. The summed E-state index contributed by atoms with van der Waals surface area (Å²) in [4.78, 5) is 21.4. The van der Waals surface area contributed by atoms with E-state index in [0.29, 0.717) is 40.5 Å². The van der Waals surface area contributed by atoms with Crippen molar-refractivity contribution in [3.63, 3.8) is 0 Å². The van der Waals surface area contributed by atoms with Crippen molar-refractivity contribution in [3.05, 3.63) is 64.2 Å². The first kappa shape index (κ1) is 24.8. The summed E-state index contributed by atoms with van der Waals surface area (Å²) in [6, 6.07) is 9.97. The van der Waals surface area contributed by atoms with E-state index in [1.54, 1.807) is 18.2 Å². The Balaban J connectivity index is 1.52. The molecule has 4 rings (SSSR count). The molecule has 0 radical (unpaired) electrons. The van der Waals surface area contributed by atoms with Crippen LogP contribution in [0.1, 0.15) is 34.3 Å². The molecule has 2 heterocycles. The molecule has 1 aromatic heterocycles. The molecule has 0 spiro atoms. The Bertz CT molecular complexity index is 1180. The van der Waals surface area contributed by atoms with Gasteiger partial charge in [-0.3, -0.25) is 5.32 Å². The van der Waals surface area contributed by atoms with Gasteiger partial charge in [0, 0.05) is 23.8 Å². The van der Waals surface area contributed by atoms with Crippen molar-refractivity contribution in [2.45, 2.75) is 31.8 Å². The zero-order valence-corrected chi connectivity index (χ0v) is 19.3. The van der Waals surface area contributed by atoms with Crippen molar-refractivity contribution in [2.75, 3.05) is 13.7 Å². The summed E-state index contributed by atoms with van der Waals surface area (Å²) in [5, 5.41) is 12.4. The van der Waals surface area contributed by atoms with Crippen LogP contribution in [-0.2, 0) is 24.0 Å². The second kappa shape index (κ2) is 10.5. The Morgan fingerprint density at radius 1 is 1.20 bits per heavy atom. The molecule has 1 aliphatic heterocycles. The SMILES string of the molecule is COc1cc(OCc2sc(-c3ccc(C(F)(F)F)cc3)nc2CCCO)ccc1C1NOC(=O)N1. The number of carbonyl (C=O) groups excluding carboxylic acids is 1. The lowest BCUT2D eigenvalue weighted by molar-refractivity contribution is -0.137. The highest BCUT2D eigenvalue weighted by molar-refractivity contribution is 7.15. The maximum atomic E-state index is 12.9. The third-order valence-corrected chi connectivity index (χ3v) is 6.35. The van der Waals surface area contributed by atoms with Crippen LogP contribution in [0.25, 0.3) is 10.6 Å². The number of hydrogen-bond donors (Lipinski definition) is 3. The molecule has 186 valence electrons. The first-order chi connectivity index (χ1) is 16.8. The van der Waals surface area contributed by atoms with E-state index in [-0.39, 0.29) is 13.2 Å². The maximum Gasteiger partial charge on any atom is 0.427 e. The quantitative estimate of drug-likeness (QED) is 0.388. The van der Waals surface area contributed by atoms with Gasteiger partial charge < -0.3 is 19.4 Å². The van der Waals surface area contributed by atoms with Gasteiger partial charge in [-0.15, -0.1) is 16.8 Å². The average Bonchev–Trinajstić information content (AvgIpc) is 3.46. The fourth-order valence-electron chi connectivity index (χ4n) is 3.46. The Morgan fingerprint density at radius 2 is 1.97 bits per heavy atom. The van der Waals surface area contributed by atoms with Gasteiger partial charge in [0.15, 0.2) is 0 Å². The third kappa shape index (κ3) is 5.84. The van der Waals surface area contributed by atoms with Gasteiger partial charge in [-0.2, -0.15) is 13.2 Å². The molecule has 1 unspecified atom stereocenters. The number of rotatable bonds is 9. The Labute approximate surface area is 202 Å². The lowest BCUT2D eigenvalue weighted by atomic mass is 10.1. The standard InChI is InChI=1S/C23H22F3N3O5S/c1-32-18-11-15(8-9-16(18)20-28-22(31)34-29-20)33-12-19-17(3-2-10-30)27-21(35-19)13-4-6-14(7-5-13)23(24,25)26/h4-9,11,20,29-30H,2-3,10,12H2,1H3,(H,28,31). The highest BCUT2D eigenvalue weighted by atomic mass is 32.1. The zero-order chi connectivity index (χ0) is 25.0. The predicted octanol–water partition coefficient (Wildman–Crippen LogP) is 4.58. The van der Waals surface area contributed by atoms with E-state index in [1.807, 2.05) is 0 Å². The van der Waals surface area contributed by atoms with Gasteiger partial charge in [0.2, 0.25) is 0 Å². The predicted molar refractivity (Wildman–Crippen MR) is 121 cm³/mol. The smallest absolute Gasteiger partial charge is 0.427 e. The lowest BCUT2D eigenvalue weighted by Gasteiger charge is -2.15. The number of hydroxylamine groups is 1. The maximum absolute atomic E-state index is 12.9. The van der Waals surface area contributed by atoms with Crippen molar-refractivity contribution < 1.29 is 37.4 Å². The number of hydrogen-bond acceptors (Lipinski definition) is 8. The second-order valence-electron chi connectivity index (χ2n) is 7.57. The van der Waals surface area contributed by atoms with Gasteiger partial charge >= 0.3 is 12.3 Å². The number of amides is 1. The van der Waals surface area contributed by atoms with Crippen LogP contribution in [0.5, 0.6) is 11.5 Å². The van der Waals surface area contributed by atoms with Crippen LogP contribution in [0.2, 0.25) is 0 Å². The van der Waals surface area contributed by atoms with Crippen molar-refractivity contribution >= 4 is 17.4 Å². The van der Waals surface area contributed by atoms with Crippen LogP contribution < -0.4 is 20.3 Å². The molecule has 1 fully saturated rings. The van der Waals surface area contributed by atoms with E-state index in [2.05, 4.69) is 15.8 Å². The first-order valence-electron chi connectivity index (χ1n) is 10.6. The van der Waals surface area contributed by atoms with Crippen LogP contribution in [-0.4, -0.2) is 29.9 Å². The minimum Gasteiger partial charge on any atom is -0.496 e. The van der Waals surface area contributed by atoms with Gasteiger partial charge in [-0.25, -0.2) is 9.78 Å². The number of thiazole rings is 1. The summed E-state index contributed by atoms with van der Waals surface area (Å²) in [5.41, 5.74) is 3.77. The molecular weight excluding hydrogens is 487 g/mol. The number of aliphatic hydroxyl groups excluding tert-OH is 1. The van der Waals surface area contributed by atoms with Crippen LogP contribution in [0.3, 0.4) is 0 Å². The van der Waals surface area contributed by atoms with E-state index in [0.717, 1.165) is 22.7 Å². The van der Waals surface area contributed by atoms with Crippen LogP contribution >= 0.6 is 11.3 Å². The number of nitrogens with zero attached hydrogens (tertiary/aromatic N) is 1. The molecule has 2 aromatic carbocycles. The van der Waals surface area contributed by atoms with Gasteiger partial charge in [0.1, 0.15) is 29.3 Å².